The van der Waals surface area contributed by atoms with Crippen molar-refractivity contribution in [1.82, 2.24) is 0 Å². The van der Waals surface area contributed by atoms with Crippen LogP contribution in [-0.2, 0) is 19.1 Å². The molecule has 0 aliphatic heterocycles. The van der Waals surface area contributed by atoms with E-state index in [4.69, 9.17) is 15.2 Å². The average molecular weight is 279 g/mol. The van der Waals surface area contributed by atoms with Crippen molar-refractivity contribution in [3.05, 3.63) is 0 Å². The summed E-state index contributed by atoms with van der Waals surface area (Å²) in [5, 5.41) is 0. The van der Waals surface area contributed by atoms with Gasteiger partial charge in [-0.2, -0.15) is 0 Å². The van der Waals surface area contributed by atoms with Crippen LogP contribution in [0.5, 0.6) is 0 Å². The number of carbonyl (C=O) groups excluding carboxylic acids is 2. The van der Waals surface area contributed by atoms with Crippen molar-refractivity contribution < 1.29 is 19.1 Å². The van der Waals surface area contributed by atoms with Gasteiger partial charge in [0.05, 0.1) is 0 Å². The van der Waals surface area contributed by atoms with Crippen LogP contribution in [0.1, 0.15) is 39.5 Å². The van der Waals surface area contributed by atoms with Crippen LogP contribution in [0.3, 0.4) is 0 Å². The maximum absolute atomic E-state index is 11.3. The third kappa shape index (κ3) is 1.23. The van der Waals surface area contributed by atoms with E-state index in [2.05, 4.69) is 0 Å². The van der Waals surface area contributed by atoms with Gasteiger partial charge in [-0.25, -0.2) is 0 Å². The second-order valence-electron chi connectivity index (χ2n) is 7.11. The highest BCUT2D eigenvalue weighted by atomic mass is 16.6. The van der Waals surface area contributed by atoms with E-state index >= 15 is 0 Å². The summed E-state index contributed by atoms with van der Waals surface area (Å²) in [5.41, 5.74) is 6.60. The highest BCUT2D eigenvalue weighted by molar-refractivity contribution is 5.67. The maximum atomic E-state index is 11.3. The van der Waals surface area contributed by atoms with Gasteiger partial charge in [0, 0.05) is 19.4 Å². The van der Waals surface area contributed by atoms with Crippen LogP contribution < -0.4 is 5.73 Å². The van der Waals surface area contributed by atoms with Crippen LogP contribution in [0.4, 0.5) is 0 Å². The lowest BCUT2D eigenvalue weighted by atomic mass is 9.53. The van der Waals surface area contributed by atoms with Gasteiger partial charge in [0.2, 0.25) is 0 Å². The Hall–Kier alpha value is -1.10. The van der Waals surface area contributed by atoms with Crippen LogP contribution in [-0.4, -0.2) is 29.7 Å². The lowest BCUT2D eigenvalue weighted by Crippen LogP contribution is -2.61. The molecule has 0 amide bonds. The van der Waals surface area contributed by atoms with Gasteiger partial charge < -0.3 is 15.2 Å². The summed E-state index contributed by atoms with van der Waals surface area (Å²) < 4.78 is 10.8. The van der Waals surface area contributed by atoms with Crippen LogP contribution in [0.25, 0.3) is 0 Å². The second kappa shape index (κ2) is 3.56. The predicted molar refractivity (Wildman–Crippen MR) is 69.4 cm³/mol. The Labute approximate surface area is 118 Å². The first-order valence-corrected chi connectivity index (χ1v) is 7.53. The number of hydrogen-bond acceptors (Lipinski definition) is 5. The lowest BCUT2D eigenvalue weighted by Gasteiger charge is -2.54. The fourth-order valence-electron chi connectivity index (χ4n) is 6.01. The van der Waals surface area contributed by atoms with E-state index < -0.39 is 0 Å². The SMILES string of the molecule is CC(=O)OC1CC2(C[C@H]1OC(C)=O)C1CCC3C1[C@]32N. The standard InChI is InChI=1S/C15H21NO4/c1-7(17)19-11-5-14(6-12(11)20-8(2)18)9-3-4-10-13(9)15(10,14)16/h9-13H,3-6,16H2,1-2H3/t9?,10?,11-,12?,13?,14?,15-/m1/s1. The maximum Gasteiger partial charge on any atom is 0.303 e. The molecular weight excluding hydrogens is 258 g/mol. The first kappa shape index (κ1) is 12.6. The average Bonchev–Trinajstić information content (AvgIpc) is 2.69. The molecule has 20 heavy (non-hydrogen) atoms. The number of fused-ring (bicyclic) bond motifs is 3. The molecule has 0 aromatic heterocycles. The summed E-state index contributed by atoms with van der Waals surface area (Å²) >= 11 is 0. The van der Waals surface area contributed by atoms with Gasteiger partial charge in [-0.3, -0.25) is 9.59 Å². The molecule has 5 unspecified atom stereocenters. The van der Waals surface area contributed by atoms with Crippen LogP contribution >= 0.6 is 0 Å². The Balaban J connectivity index is 1.59. The summed E-state index contributed by atoms with van der Waals surface area (Å²) in [7, 11) is 0. The molecule has 0 heterocycles. The molecule has 110 valence electrons. The summed E-state index contributed by atoms with van der Waals surface area (Å²) in [4.78, 5) is 22.6. The molecule has 2 N–H and O–H groups in total. The number of carbonyl (C=O) groups is 2. The fraction of sp³-hybridized carbons (Fsp3) is 0.867. The molecule has 0 radical (unpaired) electrons. The molecule has 5 nitrogen and oxygen atoms in total. The van der Waals surface area contributed by atoms with Crippen molar-refractivity contribution in [2.75, 3.05) is 0 Å². The molecule has 0 saturated heterocycles. The fourth-order valence-corrected chi connectivity index (χ4v) is 6.01. The molecule has 7 atom stereocenters. The summed E-state index contributed by atoms with van der Waals surface area (Å²) in [6, 6.07) is 0. The molecule has 4 aliphatic carbocycles. The molecule has 0 bridgehead atoms. The summed E-state index contributed by atoms with van der Waals surface area (Å²) in [6.07, 6.45) is 3.36. The molecule has 4 aliphatic rings. The van der Waals surface area contributed by atoms with Crippen molar-refractivity contribution in [3.8, 4) is 0 Å². The molecule has 4 saturated carbocycles. The van der Waals surface area contributed by atoms with Gasteiger partial charge in [-0.1, -0.05) is 0 Å². The number of esters is 2. The predicted octanol–water partition coefficient (Wildman–Crippen LogP) is 0.997. The minimum absolute atomic E-state index is 0.0425. The van der Waals surface area contributed by atoms with Gasteiger partial charge in [0.15, 0.2) is 0 Å². The van der Waals surface area contributed by atoms with Gasteiger partial charge >= 0.3 is 11.9 Å². The normalized spacial score (nSPS) is 54.2. The van der Waals surface area contributed by atoms with E-state index in [9.17, 15) is 9.59 Å². The second-order valence-corrected chi connectivity index (χ2v) is 7.11. The minimum atomic E-state index is -0.320. The van der Waals surface area contributed by atoms with Gasteiger partial charge in [0.1, 0.15) is 12.2 Å². The number of rotatable bonds is 2. The molecule has 4 rings (SSSR count). The van der Waals surface area contributed by atoms with Gasteiger partial charge in [-0.05, 0) is 48.9 Å². The third-order valence-corrected chi connectivity index (χ3v) is 6.46. The smallest absolute Gasteiger partial charge is 0.303 e. The monoisotopic (exact) mass is 279 g/mol. The molecule has 4 fully saturated rings. The Bertz CT molecular complexity index is 474. The van der Waals surface area contributed by atoms with E-state index in [1.807, 2.05) is 0 Å². The summed E-state index contributed by atoms with van der Waals surface area (Å²) in [6.45, 7) is 2.81. The summed E-state index contributed by atoms with van der Waals surface area (Å²) in [5.74, 6) is 1.36. The molecule has 0 aromatic rings. The third-order valence-electron chi connectivity index (χ3n) is 6.46. The lowest BCUT2D eigenvalue weighted by molar-refractivity contribution is -0.162. The van der Waals surface area contributed by atoms with Crippen molar-refractivity contribution in [2.45, 2.75) is 57.3 Å². The van der Waals surface area contributed by atoms with Gasteiger partial charge in [0.25, 0.3) is 0 Å². The zero-order valence-electron chi connectivity index (χ0n) is 11.9. The molecule has 5 heteroatoms. The molecule has 0 aromatic carbocycles. The van der Waals surface area contributed by atoms with Crippen LogP contribution in [0.2, 0.25) is 0 Å². The van der Waals surface area contributed by atoms with E-state index in [0.29, 0.717) is 17.8 Å². The van der Waals surface area contributed by atoms with Crippen molar-refractivity contribution in [2.24, 2.45) is 28.9 Å². The Kier molecular flexibility index (Phi) is 2.25. The van der Waals surface area contributed by atoms with E-state index in [1.165, 1.54) is 26.7 Å². The van der Waals surface area contributed by atoms with Crippen LogP contribution in [0.15, 0.2) is 0 Å². The van der Waals surface area contributed by atoms with Crippen molar-refractivity contribution in [1.29, 1.82) is 0 Å². The molecular formula is C15H21NO4. The number of ether oxygens (including phenoxy) is 2. The molecule has 1 spiro atoms. The topological polar surface area (TPSA) is 78.6 Å². The first-order valence-electron chi connectivity index (χ1n) is 7.53. The highest BCUT2D eigenvalue weighted by Crippen LogP contribution is 2.86. The van der Waals surface area contributed by atoms with E-state index in [-0.39, 0.29) is 35.1 Å². The number of hydrogen-bond donors (Lipinski definition) is 1. The van der Waals surface area contributed by atoms with E-state index in [0.717, 1.165) is 12.8 Å². The quantitative estimate of drug-likeness (QED) is 0.763. The number of nitrogens with two attached hydrogens (primary N) is 1. The Morgan fingerprint density at radius 2 is 1.50 bits per heavy atom. The Morgan fingerprint density at radius 1 is 1.00 bits per heavy atom. The first-order chi connectivity index (χ1) is 9.40. The van der Waals surface area contributed by atoms with E-state index in [1.54, 1.807) is 0 Å². The highest BCUT2D eigenvalue weighted by Gasteiger charge is 2.89. The largest absolute Gasteiger partial charge is 0.459 e. The zero-order chi connectivity index (χ0) is 14.3. The van der Waals surface area contributed by atoms with Crippen LogP contribution in [0, 0.1) is 23.2 Å². The van der Waals surface area contributed by atoms with Crippen molar-refractivity contribution in [3.63, 3.8) is 0 Å². The van der Waals surface area contributed by atoms with Gasteiger partial charge in [-0.15, -0.1) is 0 Å². The minimum Gasteiger partial charge on any atom is -0.459 e. The zero-order valence-corrected chi connectivity index (χ0v) is 11.9. The Morgan fingerprint density at radius 3 is 1.90 bits per heavy atom. The van der Waals surface area contributed by atoms with Crippen molar-refractivity contribution >= 4 is 11.9 Å².